The molecule has 0 saturated carbocycles. The van der Waals surface area contributed by atoms with Crippen LogP contribution in [0.3, 0.4) is 0 Å². The average Bonchev–Trinajstić information content (AvgIpc) is 2.29. The number of likely N-dealkylation sites (N-methyl/N-ethyl adjacent to an activating group) is 1. The van der Waals surface area contributed by atoms with E-state index in [9.17, 15) is 4.79 Å². The van der Waals surface area contributed by atoms with Crippen molar-refractivity contribution in [2.75, 3.05) is 31.2 Å². The van der Waals surface area contributed by atoms with Gasteiger partial charge in [0.15, 0.2) is 0 Å². The van der Waals surface area contributed by atoms with E-state index in [1.54, 1.807) is 12.1 Å². The number of unbranched alkanes of at least 4 members (excludes halogenated alkanes) is 1. The molecule has 0 bridgehead atoms. The largest absolute Gasteiger partial charge is 0.397 e. The van der Waals surface area contributed by atoms with Gasteiger partial charge in [0.25, 0.3) is 0 Å². The van der Waals surface area contributed by atoms with Crippen molar-refractivity contribution in [1.29, 1.82) is 0 Å². The maximum Gasteiger partial charge on any atom is 0.238 e. The van der Waals surface area contributed by atoms with Crippen molar-refractivity contribution in [2.45, 2.75) is 19.8 Å². The van der Waals surface area contributed by atoms with Gasteiger partial charge in [0.2, 0.25) is 5.91 Å². The van der Waals surface area contributed by atoms with Crippen LogP contribution in [0.2, 0.25) is 0 Å². The summed E-state index contributed by atoms with van der Waals surface area (Å²) in [7, 11) is 1.95. The van der Waals surface area contributed by atoms with Crippen LogP contribution in [0.4, 0.5) is 11.4 Å². The van der Waals surface area contributed by atoms with E-state index in [0.29, 0.717) is 17.9 Å². The summed E-state index contributed by atoms with van der Waals surface area (Å²) in [6, 6.07) is 7.28. The molecule has 0 atom stereocenters. The first-order valence-corrected chi connectivity index (χ1v) is 5.96. The van der Waals surface area contributed by atoms with E-state index in [2.05, 4.69) is 12.2 Å². The molecular weight excluding hydrogens is 214 g/mol. The second kappa shape index (κ2) is 6.91. The van der Waals surface area contributed by atoms with E-state index in [0.717, 1.165) is 19.4 Å². The summed E-state index contributed by atoms with van der Waals surface area (Å²) >= 11 is 0. The third-order valence-corrected chi connectivity index (χ3v) is 2.54. The summed E-state index contributed by atoms with van der Waals surface area (Å²) < 4.78 is 0. The van der Waals surface area contributed by atoms with Crippen molar-refractivity contribution in [3.8, 4) is 0 Å². The molecular formula is C13H21N3O. The number of anilines is 2. The topological polar surface area (TPSA) is 58.4 Å². The molecule has 0 saturated heterocycles. The Bertz CT molecular complexity index is 365. The van der Waals surface area contributed by atoms with Gasteiger partial charge in [-0.25, -0.2) is 0 Å². The van der Waals surface area contributed by atoms with Crippen LogP contribution in [0, 0.1) is 0 Å². The Morgan fingerprint density at radius 3 is 2.76 bits per heavy atom. The second-order valence-corrected chi connectivity index (χ2v) is 4.23. The molecule has 0 radical (unpaired) electrons. The van der Waals surface area contributed by atoms with Gasteiger partial charge in [-0.2, -0.15) is 0 Å². The highest BCUT2D eigenvalue weighted by Gasteiger charge is 2.07. The summed E-state index contributed by atoms with van der Waals surface area (Å²) in [5.74, 6) is -0.0264. The normalized spacial score (nSPS) is 10.5. The summed E-state index contributed by atoms with van der Waals surface area (Å²) in [4.78, 5) is 13.7. The number of nitrogens with zero attached hydrogens (tertiary/aromatic N) is 1. The minimum atomic E-state index is -0.0264. The van der Waals surface area contributed by atoms with Gasteiger partial charge in [-0.05, 0) is 32.1 Å². The van der Waals surface area contributed by atoms with E-state index in [1.165, 1.54) is 0 Å². The van der Waals surface area contributed by atoms with Crippen molar-refractivity contribution in [3.05, 3.63) is 24.3 Å². The van der Waals surface area contributed by atoms with Crippen molar-refractivity contribution in [3.63, 3.8) is 0 Å². The maximum atomic E-state index is 11.7. The highest BCUT2D eigenvalue weighted by molar-refractivity contribution is 5.95. The van der Waals surface area contributed by atoms with Gasteiger partial charge < -0.3 is 11.1 Å². The lowest BCUT2D eigenvalue weighted by atomic mass is 10.2. The third kappa shape index (κ3) is 4.87. The molecule has 1 aromatic carbocycles. The molecule has 0 spiro atoms. The fourth-order valence-electron chi connectivity index (χ4n) is 1.55. The zero-order valence-corrected chi connectivity index (χ0v) is 10.6. The first-order chi connectivity index (χ1) is 8.13. The van der Waals surface area contributed by atoms with Crippen LogP contribution in [0.25, 0.3) is 0 Å². The molecule has 0 aliphatic carbocycles. The number of rotatable bonds is 6. The summed E-state index contributed by atoms with van der Waals surface area (Å²) in [5, 5.41) is 2.81. The van der Waals surface area contributed by atoms with E-state index >= 15 is 0 Å². The molecule has 17 heavy (non-hydrogen) atoms. The first kappa shape index (κ1) is 13.5. The molecule has 1 aromatic rings. The number of hydrogen-bond acceptors (Lipinski definition) is 3. The Morgan fingerprint density at radius 2 is 2.12 bits per heavy atom. The first-order valence-electron chi connectivity index (χ1n) is 5.96. The zero-order valence-electron chi connectivity index (χ0n) is 10.6. The van der Waals surface area contributed by atoms with Crippen molar-refractivity contribution in [2.24, 2.45) is 0 Å². The Kier molecular flexibility index (Phi) is 5.49. The lowest BCUT2D eigenvalue weighted by Crippen LogP contribution is -2.31. The second-order valence-electron chi connectivity index (χ2n) is 4.23. The molecule has 3 N–H and O–H groups in total. The van der Waals surface area contributed by atoms with E-state index < -0.39 is 0 Å². The van der Waals surface area contributed by atoms with Gasteiger partial charge in [0, 0.05) is 0 Å². The standard InChI is InChI=1S/C13H21N3O/c1-3-4-9-16(2)10-13(17)15-12-8-6-5-7-11(12)14/h5-8H,3-4,9-10,14H2,1-2H3,(H,15,17). The van der Waals surface area contributed by atoms with Gasteiger partial charge in [-0.3, -0.25) is 9.69 Å². The number of hydrogen-bond donors (Lipinski definition) is 2. The minimum absolute atomic E-state index is 0.0264. The quantitative estimate of drug-likeness (QED) is 0.741. The Morgan fingerprint density at radius 1 is 1.41 bits per heavy atom. The van der Waals surface area contributed by atoms with E-state index in [1.807, 2.05) is 24.1 Å². The molecule has 4 heteroatoms. The highest BCUT2D eigenvalue weighted by atomic mass is 16.2. The van der Waals surface area contributed by atoms with E-state index in [-0.39, 0.29) is 5.91 Å². The number of carbonyl (C=O) groups is 1. The molecule has 0 aromatic heterocycles. The fraction of sp³-hybridized carbons (Fsp3) is 0.462. The molecule has 0 aliphatic rings. The zero-order chi connectivity index (χ0) is 12.7. The number of para-hydroxylation sites is 2. The van der Waals surface area contributed by atoms with Gasteiger partial charge in [-0.15, -0.1) is 0 Å². The monoisotopic (exact) mass is 235 g/mol. The third-order valence-electron chi connectivity index (χ3n) is 2.54. The van der Waals surface area contributed by atoms with E-state index in [4.69, 9.17) is 5.73 Å². The fourth-order valence-corrected chi connectivity index (χ4v) is 1.55. The highest BCUT2D eigenvalue weighted by Crippen LogP contribution is 2.16. The lowest BCUT2D eigenvalue weighted by Gasteiger charge is -2.16. The van der Waals surface area contributed by atoms with Crippen LogP contribution in [0.1, 0.15) is 19.8 Å². The molecule has 0 aliphatic heterocycles. The molecule has 1 amide bonds. The van der Waals surface area contributed by atoms with Crippen LogP contribution in [0.5, 0.6) is 0 Å². The Balaban J connectivity index is 2.42. The lowest BCUT2D eigenvalue weighted by molar-refractivity contribution is -0.117. The molecule has 0 fully saturated rings. The van der Waals surface area contributed by atoms with Gasteiger partial charge in [0.1, 0.15) is 0 Å². The summed E-state index contributed by atoms with van der Waals surface area (Å²) in [5.41, 5.74) is 7.03. The molecule has 0 heterocycles. The van der Waals surface area contributed by atoms with Crippen molar-refractivity contribution >= 4 is 17.3 Å². The van der Waals surface area contributed by atoms with Crippen LogP contribution in [0.15, 0.2) is 24.3 Å². The average molecular weight is 235 g/mol. The summed E-state index contributed by atoms with van der Waals surface area (Å²) in [6.45, 7) is 3.47. The molecule has 0 unspecified atom stereocenters. The van der Waals surface area contributed by atoms with Crippen LogP contribution in [-0.2, 0) is 4.79 Å². The van der Waals surface area contributed by atoms with Gasteiger partial charge in [0.05, 0.1) is 17.9 Å². The SMILES string of the molecule is CCCCN(C)CC(=O)Nc1ccccc1N. The molecule has 4 nitrogen and oxygen atoms in total. The van der Waals surface area contributed by atoms with Crippen LogP contribution in [-0.4, -0.2) is 30.9 Å². The smallest absolute Gasteiger partial charge is 0.238 e. The van der Waals surface area contributed by atoms with Crippen LogP contribution >= 0.6 is 0 Å². The Labute approximate surface area is 103 Å². The van der Waals surface area contributed by atoms with Crippen molar-refractivity contribution in [1.82, 2.24) is 4.90 Å². The van der Waals surface area contributed by atoms with Gasteiger partial charge >= 0.3 is 0 Å². The number of nitrogen functional groups attached to an aromatic ring is 1. The number of nitrogens with one attached hydrogen (secondary N) is 1. The van der Waals surface area contributed by atoms with Gasteiger partial charge in [-0.1, -0.05) is 25.5 Å². The number of carbonyl (C=O) groups excluding carboxylic acids is 1. The molecule has 1 rings (SSSR count). The number of benzene rings is 1. The van der Waals surface area contributed by atoms with Crippen molar-refractivity contribution < 1.29 is 4.79 Å². The predicted octanol–water partition coefficient (Wildman–Crippen LogP) is 1.94. The predicted molar refractivity (Wildman–Crippen MR) is 71.9 cm³/mol. The maximum absolute atomic E-state index is 11.7. The number of amides is 1. The minimum Gasteiger partial charge on any atom is -0.397 e. The number of nitrogens with two attached hydrogens (primary N) is 1. The Hall–Kier alpha value is -1.55. The molecule has 94 valence electrons. The van der Waals surface area contributed by atoms with Crippen LogP contribution < -0.4 is 11.1 Å². The summed E-state index contributed by atoms with van der Waals surface area (Å²) in [6.07, 6.45) is 2.24.